The summed E-state index contributed by atoms with van der Waals surface area (Å²) in [5.74, 6) is -0.133. The van der Waals surface area contributed by atoms with Gasteiger partial charge in [0.25, 0.3) is 5.91 Å². The minimum Gasteiger partial charge on any atom is -0.392 e. The van der Waals surface area contributed by atoms with Crippen molar-refractivity contribution >= 4 is 40.8 Å². The molecule has 186 valence electrons. The normalized spacial score (nSPS) is 20.5. The Bertz CT molecular complexity index is 1100. The Morgan fingerprint density at radius 2 is 1.83 bits per heavy atom. The molecule has 0 aliphatic carbocycles. The summed E-state index contributed by atoms with van der Waals surface area (Å²) in [6, 6.07) is 13.1. The van der Waals surface area contributed by atoms with E-state index in [2.05, 4.69) is 6.58 Å². The van der Waals surface area contributed by atoms with Crippen molar-refractivity contribution < 1.29 is 24.2 Å². The van der Waals surface area contributed by atoms with Gasteiger partial charge in [-0.05, 0) is 28.8 Å². The van der Waals surface area contributed by atoms with Crippen LogP contribution in [-0.4, -0.2) is 71.5 Å². The molecule has 0 aromatic heterocycles. The van der Waals surface area contributed by atoms with Crippen LogP contribution in [0.25, 0.3) is 5.57 Å². The fraction of sp³-hybridized carbons (Fsp3) is 0.385. The standard InChI is InChI=1S/C26H29ClN2O5S/c1-17(26(32)29-11-9-28(10-12-29)18(2)31)19-7-8-24(22(27)13-19)35-25-16-33-15-23(34-25)21-6-4-3-5-20(21)14-30/h3-8,13,23,25,30H,1,9-12,14-16H2,2H3. The average Bonchev–Trinajstić information content (AvgIpc) is 2.89. The Kier molecular flexibility index (Phi) is 8.51. The molecule has 2 aliphatic heterocycles. The van der Waals surface area contributed by atoms with Gasteiger partial charge in [0.05, 0.1) is 24.8 Å². The second-order valence-corrected chi connectivity index (χ2v) is 10.1. The van der Waals surface area contributed by atoms with E-state index < -0.39 is 0 Å². The molecule has 0 bridgehead atoms. The Morgan fingerprint density at radius 1 is 1.11 bits per heavy atom. The molecule has 2 heterocycles. The van der Waals surface area contributed by atoms with Crippen molar-refractivity contribution in [2.75, 3.05) is 39.4 Å². The summed E-state index contributed by atoms with van der Waals surface area (Å²) in [7, 11) is 0. The number of nitrogens with zero attached hydrogens (tertiary/aromatic N) is 2. The molecule has 1 N–H and O–H groups in total. The lowest BCUT2D eigenvalue weighted by atomic mass is 10.0. The van der Waals surface area contributed by atoms with E-state index in [-0.39, 0.29) is 30.0 Å². The number of piperazine rings is 1. The van der Waals surface area contributed by atoms with Crippen LogP contribution in [0.15, 0.2) is 53.9 Å². The molecule has 0 radical (unpaired) electrons. The van der Waals surface area contributed by atoms with Crippen molar-refractivity contribution in [2.24, 2.45) is 0 Å². The van der Waals surface area contributed by atoms with E-state index in [1.54, 1.807) is 15.9 Å². The number of hydrogen-bond acceptors (Lipinski definition) is 6. The fourth-order valence-corrected chi connectivity index (χ4v) is 5.48. The van der Waals surface area contributed by atoms with Gasteiger partial charge in [0.1, 0.15) is 11.5 Å². The predicted molar refractivity (Wildman–Crippen MR) is 136 cm³/mol. The first kappa shape index (κ1) is 25.7. The largest absolute Gasteiger partial charge is 0.392 e. The van der Waals surface area contributed by atoms with Crippen molar-refractivity contribution in [3.8, 4) is 0 Å². The Labute approximate surface area is 214 Å². The van der Waals surface area contributed by atoms with E-state index >= 15 is 0 Å². The van der Waals surface area contributed by atoms with Gasteiger partial charge in [-0.3, -0.25) is 9.59 Å². The molecular weight excluding hydrogens is 488 g/mol. The number of thioether (sulfide) groups is 1. The monoisotopic (exact) mass is 516 g/mol. The van der Waals surface area contributed by atoms with Crippen LogP contribution >= 0.6 is 23.4 Å². The highest BCUT2D eigenvalue weighted by Crippen LogP contribution is 2.37. The SMILES string of the molecule is C=C(C(=O)N1CCN(C(C)=O)CC1)c1ccc(SC2COCC(c3ccccc3CO)O2)c(Cl)c1. The van der Waals surface area contributed by atoms with Gasteiger partial charge in [-0.1, -0.05) is 60.3 Å². The second-order valence-electron chi connectivity index (χ2n) is 8.49. The molecule has 2 aliphatic rings. The quantitative estimate of drug-likeness (QED) is 0.589. The van der Waals surface area contributed by atoms with Crippen LogP contribution in [0.3, 0.4) is 0 Å². The number of carbonyl (C=O) groups excluding carboxylic acids is 2. The maximum Gasteiger partial charge on any atom is 0.253 e. The van der Waals surface area contributed by atoms with Crippen LogP contribution in [0, 0.1) is 0 Å². The van der Waals surface area contributed by atoms with Crippen molar-refractivity contribution in [3.05, 3.63) is 70.8 Å². The summed E-state index contributed by atoms with van der Waals surface area (Å²) in [5, 5.41) is 10.1. The third-order valence-electron chi connectivity index (χ3n) is 6.22. The minimum absolute atomic E-state index is 0.0204. The van der Waals surface area contributed by atoms with Gasteiger partial charge in [0, 0.05) is 43.6 Å². The lowest BCUT2D eigenvalue weighted by Gasteiger charge is -2.34. The molecule has 7 nitrogen and oxygen atoms in total. The number of aliphatic hydroxyl groups is 1. The van der Waals surface area contributed by atoms with Crippen molar-refractivity contribution in [3.63, 3.8) is 0 Å². The predicted octanol–water partition coefficient (Wildman–Crippen LogP) is 3.74. The summed E-state index contributed by atoms with van der Waals surface area (Å²) < 4.78 is 12.0. The van der Waals surface area contributed by atoms with E-state index in [9.17, 15) is 14.7 Å². The molecule has 2 fully saturated rings. The molecule has 2 saturated heterocycles. The zero-order valence-electron chi connectivity index (χ0n) is 19.6. The van der Waals surface area contributed by atoms with Crippen molar-refractivity contribution in [1.82, 2.24) is 9.80 Å². The number of amides is 2. The molecule has 2 atom stereocenters. The minimum atomic E-state index is -0.275. The molecule has 4 rings (SSSR count). The molecule has 2 amide bonds. The Balaban J connectivity index is 1.38. The maximum atomic E-state index is 12.9. The highest BCUT2D eigenvalue weighted by molar-refractivity contribution is 8.00. The van der Waals surface area contributed by atoms with E-state index in [1.165, 1.54) is 18.7 Å². The van der Waals surface area contributed by atoms with Crippen LogP contribution in [-0.2, 0) is 25.7 Å². The second kappa shape index (κ2) is 11.6. The van der Waals surface area contributed by atoms with E-state index in [0.717, 1.165) is 16.0 Å². The lowest BCUT2D eigenvalue weighted by molar-refractivity contribution is -0.135. The zero-order valence-corrected chi connectivity index (χ0v) is 21.2. The average molecular weight is 517 g/mol. The van der Waals surface area contributed by atoms with Crippen molar-refractivity contribution in [2.45, 2.75) is 30.0 Å². The first-order valence-corrected chi connectivity index (χ1v) is 12.7. The number of halogens is 1. The number of rotatable bonds is 6. The highest BCUT2D eigenvalue weighted by atomic mass is 35.5. The molecule has 2 unspecified atom stereocenters. The molecule has 2 aromatic rings. The van der Waals surface area contributed by atoms with Gasteiger partial charge in [-0.2, -0.15) is 0 Å². The zero-order chi connectivity index (χ0) is 24.9. The van der Waals surface area contributed by atoms with E-state index in [4.69, 9.17) is 21.1 Å². The summed E-state index contributed by atoms with van der Waals surface area (Å²) in [4.78, 5) is 28.7. The van der Waals surface area contributed by atoms with Crippen LogP contribution < -0.4 is 0 Å². The van der Waals surface area contributed by atoms with Crippen molar-refractivity contribution in [1.29, 1.82) is 0 Å². The number of benzene rings is 2. The molecule has 9 heteroatoms. The first-order chi connectivity index (χ1) is 16.9. The number of ether oxygens (including phenoxy) is 2. The van der Waals surface area contributed by atoms with E-state index in [1.807, 2.05) is 36.4 Å². The van der Waals surface area contributed by atoms with Gasteiger partial charge in [-0.25, -0.2) is 0 Å². The van der Waals surface area contributed by atoms with Crippen LogP contribution in [0.2, 0.25) is 5.02 Å². The summed E-state index contributed by atoms with van der Waals surface area (Å²) >= 11 is 8.04. The van der Waals surface area contributed by atoms with E-state index in [0.29, 0.717) is 55.6 Å². The Morgan fingerprint density at radius 3 is 2.51 bits per heavy atom. The van der Waals surface area contributed by atoms with Crippen LogP contribution in [0.4, 0.5) is 0 Å². The third-order valence-corrected chi connectivity index (χ3v) is 7.77. The Hall–Kier alpha value is -2.36. The summed E-state index contributed by atoms with van der Waals surface area (Å²) in [5.41, 5.74) is 2.50. The summed E-state index contributed by atoms with van der Waals surface area (Å²) in [6.45, 7) is 8.33. The summed E-state index contributed by atoms with van der Waals surface area (Å²) in [6.07, 6.45) is -0.275. The number of hydrogen-bond donors (Lipinski definition) is 1. The molecule has 0 saturated carbocycles. The molecule has 2 aromatic carbocycles. The number of aliphatic hydroxyl groups excluding tert-OH is 1. The molecular formula is C26H29ClN2O5S. The highest BCUT2D eigenvalue weighted by Gasteiger charge is 2.28. The van der Waals surface area contributed by atoms with Gasteiger partial charge < -0.3 is 24.4 Å². The first-order valence-electron chi connectivity index (χ1n) is 11.5. The maximum absolute atomic E-state index is 12.9. The van der Waals surface area contributed by atoms with Gasteiger partial charge in [0.15, 0.2) is 0 Å². The number of carbonyl (C=O) groups is 2. The van der Waals surface area contributed by atoms with Crippen LogP contribution in [0.5, 0.6) is 0 Å². The van der Waals surface area contributed by atoms with Gasteiger partial charge in [0.2, 0.25) is 5.91 Å². The smallest absolute Gasteiger partial charge is 0.253 e. The molecule has 35 heavy (non-hydrogen) atoms. The topological polar surface area (TPSA) is 79.3 Å². The fourth-order valence-electron chi connectivity index (χ4n) is 4.21. The molecule has 0 spiro atoms. The van der Waals surface area contributed by atoms with Gasteiger partial charge in [-0.15, -0.1) is 0 Å². The van der Waals surface area contributed by atoms with Crippen LogP contribution in [0.1, 0.15) is 29.7 Å². The lowest BCUT2D eigenvalue weighted by Crippen LogP contribution is -2.50. The third kappa shape index (κ3) is 6.08. The van der Waals surface area contributed by atoms with Gasteiger partial charge >= 0.3 is 0 Å².